The van der Waals surface area contributed by atoms with E-state index in [0.717, 1.165) is 5.56 Å². The average Bonchev–Trinajstić information content (AvgIpc) is 2.60. The van der Waals surface area contributed by atoms with Crippen molar-refractivity contribution in [3.63, 3.8) is 0 Å². The lowest BCUT2D eigenvalue weighted by atomic mass is 10.1. The number of methoxy groups -OCH3 is 2. The molecule has 0 aromatic heterocycles. The molecular formula is C17H27NO6. The predicted molar refractivity (Wildman–Crippen MR) is 88.5 cm³/mol. The first-order chi connectivity index (χ1) is 11.7. The van der Waals surface area contributed by atoms with Crippen LogP contribution in [0.15, 0.2) is 30.3 Å². The van der Waals surface area contributed by atoms with Crippen LogP contribution < -0.4 is 5.32 Å². The minimum Gasteiger partial charge on any atom is -0.394 e. The van der Waals surface area contributed by atoms with Gasteiger partial charge in [0, 0.05) is 14.2 Å². The lowest BCUT2D eigenvalue weighted by Gasteiger charge is -2.21. The monoisotopic (exact) mass is 341 g/mol. The van der Waals surface area contributed by atoms with Crippen molar-refractivity contribution in [3.05, 3.63) is 35.9 Å². The number of ether oxygens (including phenoxy) is 4. The highest BCUT2D eigenvalue weighted by Gasteiger charge is 2.19. The maximum absolute atomic E-state index is 12.2. The summed E-state index contributed by atoms with van der Waals surface area (Å²) in [5.74, 6) is -0.266. The quantitative estimate of drug-likeness (QED) is 0.409. The van der Waals surface area contributed by atoms with Gasteiger partial charge in [-0.1, -0.05) is 30.3 Å². The van der Waals surface area contributed by atoms with E-state index >= 15 is 0 Å². The Labute approximate surface area is 142 Å². The summed E-state index contributed by atoms with van der Waals surface area (Å²) in [5, 5.41) is 12.3. The topological polar surface area (TPSA) is 86.3 Å². The van der Waals surface area contributed by atoms with E-state index in [9.17, 15) is 9.90 Å². The van der Waals surface area contributed by atoms with E-state index in [0.29, 0.717) is 26.4 Å². The van der Waals surface area contributed by atoms with E-state index in [4.69, 9.17) is 18.9 Å². The van der Waals surface area contributed by atoms with Crippen molar-refractivity contribution >= 4 is 5.91 Å². The van der Waals surface area contributed by atoms with Gasteiger partial charge in [-0.05, 0) is 5.56 Å². The van der Waals surface area contributed by atoms with E-state index in [2.05, 4.69) is 5.32 Å². The van der Waals surface area contributed by atoms with Gasteiger partial charge < -0.3 is 29.4 Å². The maximum atomic E-state index is 12.2. The van der Waals surface area contributed by atoms with Gasteiger partial charge in [0.2, 0.25) is 5.91 Å². The zero-order valence-electron chi connectivity index (χ0n) is 14.3. The maximum Gasteiger partial charge on any atom is 0.225 e. The summed E-state index contributed by atoms with van der Waals surface area (Å²) in [6.07, 6.45) is -0.665. The third-order valence-electron chi connectivity index (χ3n) is 3.25. The van der Waals surface area contributed by atoms with E-state index in [1.54, 1.807) is 14.2 Å². The highest BCUT2D eigenvalue weighted by molar-refractivity contribution is 5.76. The standard InChI is InChI=1S/C17H27NO6/c1-21-8-10-23-17(24-11-9-22-2)12-16(20)18-15(13-19)14-6-4-3-5-7-14/h3-7,15,17,19H,8-13H2,1-2H3,(H,18,20)/t15-/m0/s1. The Balaban J connectivity index is 2.51. The molecule has 1 atom stereocenters. The number of hydrogen-bond acceptors (Lipinski definition) is 6. The Morgan fingerprint density at radius 2 is 1.62 bits per heavy atom. The molecule has 0 saturated heterocycles. The van der Waals surface area contributed by atoms with Gasteiger partial charge in [-0.25, -0.2) is 0 Å². The van der Waals surface area contributed by atoms with Crippen molar-refractivity contribution in [2.75, 3.05) is 47.3 Å². The number of hydrogen-bond donors (Lipinski definition) is 2. The Morgan fingerprint density at radius 1 is 1.04 bits per heavy atom. The van der Waals surface area contributed by atoms with Crippen molar-refractivity contribution in [2.24, 2.45) is 0 Å². The number of aliphatic hydroxyl groups excluding tert-OH is 1. The summed E-state index contributed by atoms with van der Waals surface area (Å²) in [6.45, 7) is 1.28. The number of amides is 1. The smallest absolute Gasteiger partial charge is 0.225 e. The fourth-order valence-corrected chi connectivity index (χ4v) is 2.02. The summed E-state index contributed by atoms with van der Waals surface area (Å²) in [5.41, 5.74) is 0.838. The molecule has 0 radical (unpaired) electrons. The minimum atomic E-state index is -0.689. The Kier molecular flexibility index (Phi) is 11.0. The molecule has 7 nitrogen and oxygen atoms in total. The van der Waals surface area contributed by atoms with Crippen molar-refractivity contribution < 1.29 is 28.8 Å². The molecule has 1 amide bonds. The molecule has 0 unspecified atom stereocenters. The molecule has 2 N–H and O–H groups in total. The SMILES string of the molecule is COCCOC(CC(=O)N[C@@H](CO)c1ccccc1)OCCOC. The number of carbonyl (C=O) groups excluding carboxylic acids is 1. The lowest BCUT2D eigenvalue weighted by Crippen LogP contribution is -2.35. The van der Waals surface area contributed by atoms with Crippen LogP contribution in [0.25, 0.3) is 0 Å². The second-order valence-electron chi connectivity index (χ2n) is 5.07. The number of carbonyl (C=O) groups is 1. The number of rotatable bonds is 13. The van der Waals surface area contributed by atoms with Gasteiger partial charge in [0.1, 0.15) is 0 Å². The van der Waals surface area contributed by atoms with Crippen LogP contribution in [0.3, 0.4) is 0 Å². The Bertz CT molecular complexity index is 432. The van der Waals surface area contributed by atoms with Gasteiger partial charge in [-0.2, -0.15) is 0 Å². The summed E-state index contributed by atoms with van der Waals surface area (Å²) >= 11 is 0. The van der Waals surface area contributed by atoms with Crippen LogP contribution in [0, 0.1) is 0 Å². The molecule has 136 valence electrons. The lowest BCUT2D eigenvalue weighted by molar-refractivity contribution is -0.165. The Morgan fingerprint density at radius 3 is 2.12 bits per heavy atom. The van der Waals surface area contributed by atoms with Crippen LogP contribution in [-0.4, -0.2) is 64.6 Å². The van der Waals surface area contributed by atoms with Crippen LogP contribution in [-0.2, 0) is 23.7 Å². The van der Waals surface area contributed by atoms with Crippen molar-refractivity contribution in [3.8, 4) is 0 Å². The first-order valence-corrected chi connectivity index (χ1v) is 7.87. The summed E-state index contributed by atoms with van der Waals surface area (Å²) < 4.78 is 20.8. The normalized spacial score (nSPS) is 12.3. The minimum absolute atomic E-state index is 0.0246. The van der Waals surface area contributed by atoms with E-state index in [1.165, 1.54) is 0 Å². The molecule has 0 aliphatic heterocycles. The zero-order chi connectivity index (χ0) is 17.6. The third-order valence-corrected chi connectivity index (χ3v) is 3.25. The zero-order valence-corrected chi connectivity index (χ0v) is 14.3. The molecule has 0 bridgehead atoms. The van der Waals surface area contributed by atoms with E-state index in [-0.39, 0.29) is 18.9 Å². The molecule has 1 aromatic carbocycles. The second-order valence-corrected chi connectivity index (χ2v) is 5.07. The molecule has 0 aliphatic rings. The summed E-state index contributed by atoms with van der Waals surface area (Å²) in [6, 6.07) is 8.83. The highest BCUT2D eigenvalue weighted by Crippen LogP contribution is 2.12. The van der Waals surface area contributed by atoms with E-state index < -0.39 is 12.3 Å². The van der Waals surface area contributed by atoms with Crippen LogP contribution in [0.2, 0.25) is 0 Å². The van der Waals surface area contributed by atoms with Gasteiger partial charge in [0.05, 0.1) is 45.5 Å². The second kappa shape index (κ2) is 12.9. The molecule has 0 aliphatic carbocycles. The van der Waals surface area contributed by atoms with Gasteiger partial charge in [-0.15, -0.1) is 0 Å². The first kappa shape index (κ1) is 20.5. The molecule has 0 heterocycles. The Hall–Kier alpha value is -1.51. The van der Waals surface area contributed by atoms with Gasteiger partial charge >= 0.3 is 0 Å². The largest absolute Gasteiger partial charge is 0.394 e. The molecule has 0 saturated carbocycles. The van der Waals surface area contributed by atoms with Gasteiger partial charge in [0.25, 0.3) is 0 Å². The molecule has 1 aromatic rings. The van der Waals surface area contributed by atoms with Crippen LogP contribution in [0.5, 0.6) is 0 Å². The van der Waals surface area contributed by atoms with E-state index in [1.807, 2.05) is 30.3 Å². The molecule has 0 fully saturated rings. The van der Waals surface area contributed by atoms with Crippen molar-refractivity contribution in [1.29, 1.82) is 0 Å². The number of benzene rings is 1. The van der Waals surface area contributed by atoms with Crippen molar-refractivity contribution in [1.82, 2.24) is 5.32 Å². The fourth-order valence-electron chi connectivity index (χ4n) is 2.02. The molecule has 1 rings (SSSR count). The first-order valence-electron chi connectivity index (χ1n) is 7.87. The third kappa shape index (κ3) is 8.37. The molecule has 0 spiro atoms. The molecule has 24 heavy (non-hydrogen) atoms. The summed E-state index contributed by atoms with van der Waals surface area (Å²) in [4.78, 5) is 12.2. The highest BCUT2D eigenvalue weighted by atomic mass is 16.7. The van der Waals surface area contributed by atoms with Crippen molar-refractivity contribution in [2.45, 2.75) is 18.8 Å². The van der Waals surface area contributed by atoms with Crippen LogP contribution >= 0.6 is 0 Å². The van der Waals surface area contributed by atoms with Gasteiger partial charge in [0.15, 0.2) is 6.29 Å². The van der Waals surface area contributed by atoms with Crippen LogP contribution in [0.4, 0.5) is 0 Å². The van der Waals surface area contributed by atoms with Crippen LogP contribution in [0.1, 0.15) is 18.0 Å². The average molecular weight is 341 g/mol. The molecular weight excluding hydrogens is 314 g/mol. The fraction of sp³-hybridized carbons (Fsp3) is 0.588. The predicted octanol–water partition coefficient (Wildman–Crippen LogP) is 0.878. The van der Waals surface area contributed by atoms with Gasteiger partial charge in [-0.3, -0.25) is 4.79 Å². The molecule has 7 heteroatoms. The number of aliphatic hydroxyl groups is 1. The summed E-state index contributed by atoms with van der Waals surface area (Å²) in [7, 11) is 3.14. The number of nitrogens with one attached hydrogen (secondary N) is 1.